The SMILES string of the molecule is Cc1cc(C)c([C@@H]2Nc3ccccc3C(=O)N2NC(=O)c2ccc(Cl)cc2)c(C)c1. The first-order valence-corrected chi connectivity index (χ1v) is 10.1. The summed E-state index contributed by atoms with van der Waals surface area (Å²) in [5.41, 5.74) is 8.66. The minimum absolute atomic E-state index is 0.268. The lowest BCUT2D eigenvalue weighted by molar-refractivity contribution is 0.0489. The number of fused-ring (bicyclic) bond motifs is 1. The van der Waals surface area contributed by atoms with Crippen molar-refractivity contribution >= 4 is 29.1 Å². The summed E-state index contributed by atoms with van der Waals surface area (Å²) < 4.78 is 0. The van der Waals surface area contributed by atoms with Gasteiger partial charge in [-0.15, -0.1) is 0 Å². The molecule has 0 aromatic heterocycles. The van der Waals surface area contributed by atoms with Gasteiger partial charge >= 0.3 is 0 Å². The van der Waals surface area contributed by atoms with Gasteiger partial charge in [0.2, 0.25) is 0 Å². The maximum atomic E-state index is 13.4. The van der Waals surface area contributed by atoms with Gasteiger partial charge in [0.05, 0.1) is 5.56 Å². The molecule has 3 aromatic carbocycles. The quantitative estimate of drug-likeness (QED) is 0.615. The zero-order chi connectivity index (χ0) is 21.4. The van der Waals surface area contributed by atoms with Crippen LogP contribution in [0.2, 0.25) is 5.02 Å². The van der Waals surface area contributed by atoms with E-state index in [-0.39, 0.29) is 11.8 Å². The van der Waals surface area contributed by atoms with Crippen LogP contribution in [0.5, 0.6) is 0 Å². The lowest BCUT2D eigenvalue weighted by Crippen LogP contribution is -2.53. The number of amides is 2. The van der Waals surface area contributed by atoms with E-state index in [0.717, 1.165) is 27.9 Å². The van der Waals surface area contributed by atoms with Crippen molar-refractivity contribution in [1.29, 1.82) is 0 Å². The monoisotopic (exact) mass is 419 g/mol. The largest absolute Gasteiger partial charge is 0.359 e. The predicted molar refractivity (Wildman–Crippen MR) is 119 cm³/mol. The Morgan fingerprint density at radius 1 is 1.00 bits per heavy atom. The molecular formula is C24H22ClN3O2. The van der Waals surface area contributed by atoms with E-state index in [0.29, 0.717) is 16.1 Å². The van der Waals surface area contributed by atoms with Gasteiger partial charge in [-0.05, 0) is 68.3 Å². The van der Waals surface area contributed by atoms with E-state index in [1.165, 1.54) is 5.01 Å². The van der Waals surface area contributed by atoms with Crippen molar-refractivity contribution in [1.82, 2.24) is 10.4 Å². The summed E-state index contributed by atoms with van der Waals surface area (Å²) in [4.78, 5) is 26.3. The molecule has 0 unspecified atom stereocenters. The molecule has 1 aliphatic heterocycles. The van der Waals surface area contributed by atoms with E-state index in [1.54, 1.807) is 36.4 Å². The molecule has 0 saturated heterocycles. The van der Waals surface area contributed by atoms with Crippen molar-refractivity contribution in [3.05, 3.63) is 99.1 Å². The third-order valence-corrected chi connectivity index (χ3v) is 5.52. The van der Waals surface area contributed by atoms with Crippen LogP contribution >= 0.6 is 11.6 Å². The van der Waals surface area contributed by atoms with Crippen molar-refractivity contribution < 1.29 is 9.59 Å². The zero-order valence-electron chi connectivity index (χ0n) is 17.0. The molecule has 0 bridgehead atoms. The Balaban J connectivity index is 1.77. The van der Waals surface area contributed by atoms with Gasteiger partial charge in [-0.1, -0.05) is 41.4 Å². The van der Waals surface area contributed by atoms with Crippen molar-refractivity contribution in [2.45, 2.75) is 26.9 Å². The lowest BCUT2D eigenvalue weighted by Gasteiger charge is -2.39. The summed E-state index contributed by atoms with van der Waals surface area (Å²) in [6, 6.07) is 18.0. The van der Waals surface area contributed by atoms with Crippen LogP contribution < -0.4 is 10.7 Å². The third kappa shape index (κ3) is 3.64. The molecule has 0 aliphatic carbocycles. The van der Waals surface area contributed by atoms with Crippen LogP contribution in [-0.4, -0.2) is 16.8 Å². The number of halogens is 1. The molecule has 0 radical (unpaired) electrons. The number of rotatable bonds is 3. The number of hydrogen-bond acceptors (Lipinski definition) is 3. The van der Waals surface area contributed by atoms with Gasteiger partial charge in [0.25, 0.3) is 11.8 Å². The number of para-hydroxylation sites is 1. The van der Waals surface area contributed by atoms with Crippen LogP contribution in [-0.2, 0) is 0 Å². The highest BCUT2D eigenvalue weighted by Crippen LogP contribution is 2.35. The summed E-state index contributed by atoms with van der Waals surface area (Å²) in [6.45, 7) is 6.07. The predicted octanol–water partition coefficient (Wildman–Crippen LogP) is 5.18. The summed E-state index contributed by atoms with van der Waals surface area (Å²) in [5.74, 6) is -0.648. The van der Waals surface area contributed by atoms with E-state index in [9.17, 15) is 9.59 Å². The average Bonchev–Trinajstić information content (AvgIpc) is 2.70. The number of hydrazine groups is 1. The van der Waals surface area contributed by atoms with Gasteiger partial charge < -0.3 is 5.32 Å². The fraction of sp³-hybridized carbons (Fsp3) is 0.167. The number of nitrogens with zero attached hydrogens (tertiary/aromatic N) is 1. The highest BCUT2D eigenvalue weighted by atomic mass is 35.5. The van der Waals surface area contributed by atoms with Crippen molar-refractivity contribution in [3.8, 4) is 0 Å². The maximum Gasteiger partial charge on any atom is 0.276 e. The average molecular weight is 420 g/mol. The first kappa shape index (κ1) is 20.0. The number of nitrogens with one attached hydrogen (secondary N) is 2. The van der Waals surface area contributed by atoms with Crippen LogP contribution in [0, 0.1) is 20.8 Å². The van der Waals surface area contributed by atoms with Gasteiger partial charge in [-0.2, -0.15) is 0 Å². The fourth-order valence-electron chi connectivity index (χ4n) is 3.97. The summed E-state index contributed by atoms with van der Waals surface area (Å²) >= 11 is 5.93. The normalized spacial score (nSPS) is 15.4. The Bertz CT molecular complexity index is 1120. The zero-order valence-corrected chi connectivity index (χ0v) is 17.7. The van der Waals surface area contributed by atoms with Gasteiger partial charge in [-0.25, -0.2) is 5.01 Å². The van der Waals surface area contributed by atoms with Gasteiger partial charge in [0.1, 0.15) is 6.17 Å². The molecule has 5 nitrogen and oxygen atoms in total. The first-order valence-electron chi connectivity index (χ1n) is 9.68. The molecule has 4 rings (SSSR count). The van der Waals surface area contributed by atoms with Crippen molar-refractivity contribution in [3.63, 3.8) is 0 Å². The molecule has 0 spiro atoms. The summed E-state index contributed by atoms with van der Waals surface area (Å²) in [6.07, 6.45) is -0.538. The molecule has 3 aromatic rings. The smallest absolute Gasteiger partial charge is 0.276 e. The molecule has 2 N–H and O–H groups in total. The maximum absolute atomic E-state index is 13.4. The minimum atomic E-state index is -0.538. The Kier molecular flexibility index (Phi) is 5.22. The lowest BCUT2D eigenvalue weighted by atomic mass is 9.95. The molecule has 30 heavy (non-hydrogen) atoms. The summed E-state index contributed by atoms with van der Waals surface area (Å²) in [7, 11) is 0. The number of carbonyl (C=O) groups excluding carboxylic acids is 2. The van der Waals surface area contributed by atoms with Gasteiger partial charge in [0, 0.05) is 21.8 Å². The topological polar surface area (TPSA) is 61.4 Å². The van der Waals surface area contributed by atoms with E-state index in [1.807, 2.05) is 32.9 Å². The minimum Gasteiger partial charge on any atom is -0.359 e. The Hall–Kier alpha value is -3.31. The Labute approximate surface area is 180 Å². The molecule has 1 aliphatic rings. The number of benzene rings is 3. The van der Waals surface area contributed by atoms with E-state index in [4.69, 9.17) is 11.6 Å². The second-order valence-electron chi connectivity index (χ2n) is 7.53. The van der Waals surface area contributed by atoms with Crippen LogP contribution in [0.15, 0.2) is 60.7 Å². The number of anilines is 1. The van der Waals surface area contributed by atoms with Crippen LogP contribution in [0.3, 0.4) is 0 Å². The van der Waals surface area contributed by atoms with Crippen LogP contribution in [0.1, 0.15) is 49.1 Å². The Morgan fingerprint density at radius 3 is 2.30 bits per heavy atom. The molecule has 6 heteroatoms. The summed E-state index contributed by atoms with van der Waals surface area (Å²) in [5, 5.41) is 5.35. The first-order chi connectivity index (χ1) is 14.3. The standard InChI is InChI=1S/C24H22ClN3O2/c1-14-12-15(2)21(16(3)13-14)22-26-20-7-5-4-6-19(20)24(30)28(22)27-23(29)17-8-10-18(25)11-9-17/h4-13,22,26H,1-3H3,(H,27,29)/t22-/m1/s1. The van der Waals surface area contributed by atoms with Crippen molar-refractivity contribution in [2.75, 3.05) is 5.32 Å². The molecule has 0 fully saturated rings. The molecule has 152 valence electrons. The molecule has 2 amide bonds. The van der Waals surface area contributed by atoms with E-state index >= 15 is 0 Å². The molecule has 1 atom stereocenters. The van der Waals surface area contributed by atoms with E-state index in [2.05, 4.69) is 22.9 Å². The van der Waals surface area contributed by atoms with Gasteiger partial charge in [0.15, 0.2) is 0 Å². The van der Waals surface area contributed by atoms with E-state index < -0.39 is 6.17 Å². The Morgan fingerprint density at radius 2 is 1.63 bits per heavy atom. The number of carbonyl (C=O) groups is 2. The van der Waals surface area contributed by atoms with Crippen LogP contribution in [0.25, 0.3) is 0 Å². The van der Waals surface area contributed by atoms with Gasteiger partial charge in [-0.3, -0.25) is 15.0 Å². The number of hydrogen-bond donors (Lipinski definition) is 2. The molecule has 1 heterocycles. The van der Waals surface area contributed by atoms with Crippen LogP contribution in [0.4, 0.5) is 5.69 Å². The fourth-order valence-corrected chi connectivity index (χ4v) is 4.09. The third-order valence-electron chi connectivity index (χ3n) is 5.27. The molecular weight excluding hydrogens is 398 g/mol. The highest BCUT2D eigenvalue weighted by molar-refractivity contribution is 6.30. The molecule has 0 saturated carbocycles. The highest BCUT2D eigenvalue weighted by Gasteiger charge is 2.35. The number of aryl methyl sites for hydroxylation is 3. The second kappa shape index (κ2) is 7.84. The second-order valence-corrected chi connectivity index (χ2v) is 7.96. The van der Waals surface area contributed by atoms with Crippen molar-refractivity contribution in [2.24, 2.45) is 0 Å².